The van der Waals surface area contributed by atoms with Crippen molar-refractivity contribution in [2.24, 2.45) is 0 Å². The predicted octanol–water partition coefficient (Wildman–Crippen LogP) is 2.91. The van der Waals surface area contributed by atoms with Crippen LogP contribution in [0, 0.1) is 0 Å². The highest BCUT2D eigenvalue weighted by molar-refractivity contribution is 7.07. The highest BCUT2D eigenvalue weighted by Crippen LogP contribution is 2.24. The number of aromatic nitrogens is 2. The van der Waals surface area contributed by atoms with Gasteiger partial charge in [-0.2, -0.15) is 9.36 Å². The molecule has 0 saturated carbocycles. The molecule has 1 aliphatic heterocycles. The third kappa shape index (κ3) is 6.85. The van der Waals surface area contributed by atoms with Crippen LogP contribution < -0.4 is 10.1 Å². The molecule has 0 radical (unpaired) electrons. The van der Waals surface area contributed by atoms with Crippen LogP contribution in [0.15, 0.2) is 54.6 Å². The zero-order valence-corrected chi connectivity index (χ0v) is 18.1. The number of benzene rings is 2. The van der Waals surface area contributed by atoms with Gasteiger partial charge in [-0.1, -0.05) is 42.5 Å². The highest BCUT2D eigenvalue weighted by atomic mass is 32.1. The van der Waals surface area contributed by atoms with Gasteiger partial charge in [0.25, 0.3) is 5.19 Å². The Hall–Kier alpha value is -2.81. The monoisotopic (exact) mass is 438 g/mol. The minimum Gasteiger partial charge on any atom is -0.430 e. The zero-order valence-electron chi connectivity index (χ0n) is 17.3. The smallest absolute Gasteiger partial charge is 0.298 e. The number of amides is 1. The molecule has 0 unspecified atom stereocenters. The molecule has 1 aromatic heterocycles. The first-order valence-electron chi connectivity index (χ1n) is 10.4. The molecule has 2 aromatic carbocycles. The third-order valence-electron chi connectivity index (χ3n) is 5.00. The van der Waals surface area contributed by atoms with Crippen LogP contribution in [-0.4, -0.2) is 59.6 Å². The molecule has 4 rings (SSSR count). The summed E-state index contributed by atoms with van der Waals surface area (Å²) in [6.45, 7) is 4.92. The summed E-state index contributed by atoms with van der Waals surface area (Å²) in [4.78, 5) is 18.9. The molecule has 0 atom stereocenters. The van der Waals surface area contributed by atoms with E-state index < -0.39 is 0 Å². The van der Waals surface area contributed by atoms with Crippen LogP contribution >= 0.6 is 11.5 Å². The first kappa shape index (κ1) is 21.4. The van der Waals surface area contributed by atoms with Gasteiger partial charge in [0.15, 0.2) is 5.82 Å². The van der Waals surface area contributed by atoms with Crippen LogP contribution in [0.25, 0.3) is 0 Å². The molecule has 1 N–H and O–H groups in total. The summed E-state index contributed by atoms with van der Waals surface area (Å²) < 4.78 is 15.5. The van der Waals surface area contributed by atoms with E-state index in [0.717, 1.165) is 44.2 Å². The van der Waals surface area contributed by atoms with Gasteiger partial charge in [0.2, 0.25) is 5.91 Å². The summed E-state index contributed by atoms with van der Waals surface area (Å²) >= 11 is 1.24. The molecule has 1 amide bonds. The third-order valence-corrected chi connectivity index (χ3v) is 5.63. The number of morpholine rings is 1. The molecular weight excluding hydrogens is 412 g/mol. The van der Waals surface area contributed by atoms with Gasteiger partial charge in [-0.3, -0.25) is 9.69 Å². The topological polar surface area (TPSA) is 76.6 Å². The van der Waals surface area contributed by atoms with E-state index in [1.165, 1.54) is 17.1 Å². The summed E-state index contributed by atoms with van der Waals surface area (Å²) in [7, 11) is 0. The van der Waals surface area contributed by atoms with Crippen molar-refractivity contribution in [1.82, 2.24) is 19.6 Å². The predicted molar refractivity (Wildman–Crippen MR) is 120 cm³/mol. The van der Waals surface area contributed by atoms with Gasteiger partial charge in [-0.15, -0.1) is 0 Å². The highest BCUT2D eigenvalue weighted by Gasteiger charge is 2.11. The molecule has 31 heavy (non-hydrogen) atoms. The fraction of sp³-hybridized carbons (Fsp3) is 0.348. The second-order valence-electron chi connectivity index (χ2n) is 7.37. The normalized spacial score (nSPS) is 14.3. The van der Waals surface area contributed by atoms with E-state index in [-0.39, 0.29) is 5.91 Å². The number of hydrogen-bond acceptors (Lipinski definition) is 7. The molecule has 1 aliphatic rings. The Labute approximate surface area is 186 Å². The molecule has 7 nitrogen and oxygen atoms in total. The van der Waals surface area contributed by atoms with Crippen molar-refractivity contribution < 1.29 is 14.3 Å². The van der Waals surface area contributed by atoms with Gasteiger partial charge in [0, 0.05) is 44.1 Å². The second kappa shape index (κ2) is 11.0. The van der Waals surface area contributed by atoms with E-state index in [4.69, 9.17) is 9.47 Å². The summed E-state index contributed by atoms with van der Waals surface area (Å²) in [5, 5.41) is 3.50. The van der Waals surface area contributed by atoms with Gasteiger partial charge in [0.1, 0.15) is 5.75 Å². The van der Waals surface area contributed by atoms with E-state index >= 15 is 0 Å². The summed E-state index contributed by atoms with van der Waals surface area (Å²) in [5.74, 6) is 1.45. The van der Waals surface area contributed by atoms with Crippen molar-refractivity contribution in [2.45, 2.75) is 12.8 Å². The first-order valence-corrected chi connectivity index (χ1v) is 11.2. The average Bonchev–Trinajstić information content (AvgIpc) is 3.23. The minimum absolute atomic E-state index is 0.0246. The largest absolute Gasteiger partial charge is 0.430 e. The maximum atomic E-state index is 12.2. The van der Waals surface area contributed by atoms with Crippen molar-refractivity contribution in [2.75, 3.05) is 39.4 Å². The first-order chi connectivity index (χ1) is 15.2. The van der Waals surface area contributed by atoms with Gasteiger partial charge in [0.05, 0.1) is 19.6 Å². The maximum absolute atomic E-state index is 12.2. The van der Waals surface area contributed by atoms with Crippen molar-refractivity contribution in [3.05, 3.63) is 71.5 Å². The van der Waals surface area contributed by atoms with E-state index in [1.807, 2.05) is 42.5 Å². The molecule has 0 aliphatic carbocycles. The van der Waals surface area contributed by atoms with Crippen LogP contribution in [0.2, 0.25) is 0 Å². The minimum atomic E-state index is 0.0246. The fourth-order valence-electron chi connectivity index (χ4n) is 3.33. The van der Waals surface area contributed by atoms with E-state index in [9.17, 15) is 4.79 Å². The Morgan fingerprint density at radius 2 is 1.84 bits per heavy atom. The molecule has 1 fully saturated rings. The van der Waals surface area contributed by atoms with Crippen molar-refractivity contribution >= 4 is 17.4 Å². The Balaban J connectivity index is 1.21. The summed E-state index contributed by atoms with van der Waals surface area (Å²) in [5.41, 5.74) is 2.11. The number of carbonyl (C=O) groups is 1. The SMILES string of the molecule is O=C(Cc1ccc(Oc2nc(Cc3ccccc3)ns2)cc1)NCCN1CCOCC1. The lowest BCUT2D eigenvalue weighted by Gasteiger charge is -2.26. The Morgan fingerprint density at radius 1 is 1.06 bits per heavy atom. The number of nitrogens with zero attached hydrogens (tertiary/aromatic N) is 3. The van der Waals surface area contributed by atoms with Crippen molar-refractivity contribution in [3.63, 3.8) is 0 Å². The van der Waals surface area contributed by atoms with Crippen LogP contribution in [0.5, 0.6) is 10.9 Å². The van der Waals surface area contributed by atoms with Crippen LogP contribution in [-0.2, 0) is 22.4 Å². The number of carbonyl (C=O) groups excluding carboxylic acids is 1. The van der Waals surface area contributed by atoms with E-state index in [2.05, 4.69) is 31.7 Å². The molecule has 3 aromatic rings. The zero-order chi connectivity index (χ0) is 21.3. The molecule has 1 saturated heterocycles. The lowest BCUT2D eigenvalue weighted by Crippen LogP contribution is -2.41. The number of ether oxygens (including phenoxy) is 2. The summed E-state index contributed by atoms with van der Waals surface area (Å²) in [6.07, 6.45) is 1.03. The molecule has 2 heterocycles. The lowest BCUT2D eigenvalue weighted by molar-refractivity contribution is -0.120. The lowest BCUT2D eigenvalue weighted by atomic mass is 10.1. The fourth-order valence-corrected chi connectivity index (χ4v) is 3.90. The van der Waals surface area contributed by atoms with Crippen LogP contribution in [0.1, 0.15) is 17.0 Å². The Morgan fingerprint density at radius 3 is 2.61 bits per heavy atom. The molecule has 162 valence electrons. The standard InChI is InChI=1S/C23H26N4O3S/c28-22(24-10-11-27-12-14-29-15-13-27)17-19-6-8-20(9-7-19)30-23-25-21(26-31-23)16-18-4-2-1-3-5-18/h1-9H,10-17H2,(H,24,28). The van der Waals surface area contributed by atoms with Crippen LogP contribution in [0.4, 0.5) is 0 Å². The Kier molecular flexibility index (Phi) is 7.60. The number of nitrogens with one attached hydrogen (secondary N) is 1. The van der Waals surface area contributed by atoms with Gasteiger partial charge in [-0.05, 0) is 23.3 Å². The van der Waals surface area contributed by atoms with Gasteiger partial charge in [-0.25, -0.2) is 0 Å². The van der Waals surface area contributed by atoms with Crippen molar-refractivity contribution in [3.8, 4) is 10.9 Å². The molecule has 0 bridgehead atoms. The van der Waals surface area contributed by atoms with Crippen molar-refractivity contribution in [1.29, 1.82) is 0 Å². The van der Waals surface area contributed by atoms with E-state index in [1.54, 1.807) is 0 Å². The average molecular weight is 439 g/mol. The number of hydrogen-bond donors (Lipinski definition) is 1. The van der Waals surface area contributed by atoms with Gasteiger partial charge < -0.3 is 14.8 Å². The van der Waals surface area contributed by atoms with Crippen LogP contribution in [0.3, 0.4) is 0 Å². The molecular formula is C23H26N4O3S. The second-order valence-corrected chi connectivity index (χ2v) is 8.08. The van der Waals surface area contributed by atoms with Gasteiger partial charge >= 0.3 is 0 Å². The molecule has 8 heteroatoms. The quantitative estimate of drug-likeness (QED) is 0.554. The molecule has 0 spiro atoms. The summed E-state index contributed by atoms with van der Waals surface area (Å²) in [6, 6.07) is 17.6. The van der Waals surface area contributed by atoms with E-state index in [0.29, 0.717) is 30.3 Å². The Bertz CT molecular complexity index is 956. The number of rotatable bonds is 9. The maximum Gasteiger partial charge on any atom is 0.298 e.